The summed E-state index contributed by atoms with van der Waals surface area (Å²) in [5, 5.41) is 7.91. The molecule has 3 heterocycles. The Balaban J connectivity index is 2.06. The predicted molar refractivity (Wildman–Crippen MR) is 70.1 cm³/mol. The third kappa shape index (κ3) is 1.84. The van der Waals surface area contributed by atoms with Crippen LogP contribution in [0.15, 0.2) is 12.4 Å². The third-order valence-electron chi connectivity index (χ3n) is 3.40. The van der Waals surface area contributed by atoms with Gasteiger partial charge in [-0.2, -0.15) is 5.10 Å². The van der Waals surface area contributed by atoms with Crippen molar-refractivity contribution in [3.8, 4) is 11.3 Å². The van der Waals surface area contributed by atoms with Crippen LogP contribution in [-0.4, -0.2) is 25.9 Å². The van der Waals surface area contributed by atoms with Gasteiger partial charge < -0.3 is 9.88 Å². The number of fused-ring (bicyclic) bond motifs is 1. The van der Waals surface area contributed by atoms with Gasteiger partial charge in [0.1, 0.15) is 5.82 Å². The largest absolute Gasteiger partial charge is 0.326 e. The Morgan fingerprint density at radius 1 is 1.44 bits per heavy atom. The molecule has 0 aliphatic carbocycles. The molecule has 0 saturated heterocycles. The van der Waals surface area contributed by atoms with Gasteiger partial charge in [-0.05, 0) is 6.42 Å². The molecule has 0 bridgehead atoms. The molecule has 0 amide bonds. The molecular weight excluding hydrogens is 226 g/mol. The summed E-state index contributed by atoms with van der Waals surface area (Å²) in [6.07, 6.45) is 6.23. The fourth-order valence-corrected chi connectivity index (χ4v) is 2.58. The van der Waals surface area contributed by atoms with E-state index in [-0.39, 0.29) is 0 Å². The number of nitrogens with zero attached hydrogens (tertiary/aromatic N) is 4. The number of aryl methyl sites for hydroxylation is 2. The summed E-state index contributed by atoms with van der Waals surface area (Å²) in [5.41, 5.74) is 3.63. The molecule has 96 valence electrons. The first-order chi connectivity index (χ1) is 8.79. The van der Waals surface area contributed by atoms with E-state index >= 15 is 0 Å². The van der Waals surface area contributed by atoms with Crippen LogP contribution in [0.2, 0.25) is 0 Å². The molecule has 0 fully saturated rings. The van der Waals surface area contributed by atoms with E-state index < -0.39 is 0 Å². The van der Waals surface area contributed by atoms with Crippen LogP contribution in [-0.2, 0) is 26.6 Å². The van der Waals surface area contributed by atoms with Crippen molar-refractivity contribution in [1.82, 2.24) is 24.6 Å². The number of rotatable bonds is 3. The van der Waals surface area contributed by atoms with E-state index in [1.54, 1.807) is 0 Å². The lowest BCUT2D eigenvalue weighted by Crippen LogP contribution is -2.28. The van der Waals surface area contributed by atoms with Crippen molar-refractivity contribution in [1.29, 1.82) is 0 Å². The summed E-state index contributed by atoms with van der Waals surface area (Å²) in [4.78, 5) is 4.51. The lowest BCUT2D eigenvalue weighted by molar-refractivity contribution is 0.508. The van der Waals surface area contributed by atoms with Crippen LogP contribution in [0.3, 0.4) is 0 Å². The lowest BCUT2D eigenvalue weighted by Gasteiger charge is -2.17. The SMILES string of the molecule is CCCc1nn(C)cc1-c1cnc2n1CCNC2. The Labute approximate surface area is 107 Å². The zero-order valence-electron chi connectivity index (χ0n) is 11.0. The maximum absolute atomic E-state index is 4.57. The standard InChI is InChI=1S/C13H19N5/c1-3-4-11-10(9-17(2)16-11)12-7-15-13-8-14-5-6-18(12)13/h7,9,14H,3-6,8H2,1-2H3. The predicted octanol–water partition coefficient (Wildman–Crippen LogP) is 1.34. The van der Waals surface area contributed by atoms with Crippen LogP contribution in [0.1, 0.15) is 24.9 Å². The fraction of sp³-hybridized carbons (Fsp3) is 0.538. The fourth-order valence-electron chi connectivity index (χ4n) is 2.58. The molecule has 0 radical (unpaired) electrons. The maximum Gasteiger partial charge on any atom is 0.123 e. The first-order valence-corrected chi connectivity index (χ1v) is 6.57. The van der Waals surface area contributed by atoms with Crippen molar-refractivity contribution in [3.63, 3.8) is 0 Å². The zero-order chi connectivity index (χ0) is 12.5. The number of hydrogen-bond donors (Lipinski definition) is 1. The van der Waals surface area contributed by atoms with Crippen LogP contribution in [0.5, 0.6) is 0 Å². The van der Waals surface area contributed by atoms with E-state index in [9.17, 15) is 0 Å². The van der Waals surface area contributed by atoms with E-state index in [0.717, 1.165) is 38.3 Å². The molecule has 2 aromatic rings. The smallest absolute Gasteiger partial charge is 0.123 e. The van der Waals surface area contributed by atoms with Crippen LogP contribution in [0.25, 0.3) is 11.3 Å². The van der Waals surface area contributed by atoms with E-state index in [0.29, 0.717) is 0 Å². The highest BCUT2D eigenvalue weighted by Gasteiger charge is 2.18. The summed E-state index contributed by atoms with van der Waals surface area (Å²) >= 11 is 0. The second-order valence-corrected chi connectivity index (χ2v) is 4.80. The van der Waals surface area contributed by atoms with Crippen LogP contribution < -0.4 is 5.32 Å². The summed E-state index contributed by atoms with van der Waals surface area (Å²) in [5.74, 6) is 1.13. The van der Waals surface area contributed by atoms with E-state index in [4.69, 9.17) is 0 Å². The molecule has 0 atom stereocenters. The minimum atomic E-state index is 0.864. The molecular formula is C13H19N5. The first kappa shape index (κ1) is 11.5. The van der Waals surface area contributed by atoms with Gasteiger partial charge in [-0.1, -0.05) is 13.3 Å². The average Bonchev–Trinajstić information content (AvgIpc) is 2.93. The van der Waals surface area contributed by atoms with Gasteiger partial charge in [0, 0.05) is 31.9 Å². The molecule has 0 aromatic carbocycles. The number of hydrogen-bond acceptors (Lipinski definition) is 3. The summed E-state index contributed by atoms with van der Waals surface area (Å²) in [6.45, 7) is 5.06. The van der Waals surface area contributed by atoms with Gasteiger partial charge in [0.05, 0.1) is 24.1 Å². The van der Waals surface area contributed by atoms with Gasteiger partial charge in [0.15, 0.2) is 0 Å². The second-order valence-electron chi connectivity index (χ2n) is 4.80. The minimum Gasteiger partial charge on any atom is -0.326 e. The molecule has 0 spiro atoms. The van der Waals surface area contributed by atoms with Crippen molar-refractivity contribution < 1.29 is 0 Å². The zero-order valence-corrected chi connectivity index (χ0v) is 11.0. The summed E-state index contributed by atoms with van der Waals surface area (Å²) < 4.78 is 4.22. The van der Waals surface area contributed by atoms with Gasteiger partial charge in [0.25, 0.3) is 0 Å². The molecule has 2 aromatic heterocycles. The highest BCUT2D eigenvalue weighted by atomic mass is 15.3. The van der Waals surface area contributed by atoms with Crippen molar-refractivity contribution in [2.75, 3.05) is 6.54 Å². The van der Waals surface area contributed by atoms with Gasteiger partial charge in [-0.25, -0.2) is 4.98 Å². The van der Waals surface area contributed by atoms with Crippen molar-refractivity contribution in [2.45, 2.75) is 32.9 Å². The Morgan fingerprint density at radius 2 is 2.33 bits per heavy atom. The quantitative estimate of drug-likeness (QED) is 0.887. The van der Waals surface area contributed by atoms with Crippen molar-refractivity contribution in [3.05, 3.63) is 23.9 Å². The lowest BCUT2D eigenvalue weighted by atomic mass is 10.1. The molecule has 5 heteroatoms. The summed E-state index contributed by atoms with van der Waals surface area (Å²) in [7, 11) is 1.98. The molecule has 1 aliphatic heterocycles. The highest BCUT2D eigenvalue weighted by molar-refractivity contribution is 5.61. The van der Waals surface area contributed by atoms with E-state index in [2.05, 4.69) is 33.1 Å². The van der Waals surface area contributed by atoms with Crippen LogP contribution in [0, 0.1) is 0 Å². The van der Waals surface area contributed by atoms with E-state index in [1.165, 1.54) is 17.0 Å². The van der Waals surface area contributed by atoms with Gasteiger partial charge in [-0.3, -0.25) is 4.68 Å². The molecule has 0 saturated carbocycles. The summed E-state index contributed by atoms with van der Waals surface area (Å²) in [6, 6.07) is 0. The monoisotopic (exact) mass is 245 g/mol. The normalized spacial score (nSPS) is 14.8. The topological polar surface area (TPSA) is 47.7 Å². The van der Waals surface area contributed by atoms with Gasteiger partial charge in [-0.15, -0.1) is 0 Å². The van der Waals surface area contributed by atoms with Gasteiger partial charge in [0.2, 0.25) is 0 Å². The molecule has 0 unspecified atom stereocenters. The molecule has 1 N–H and O–H groups in total. The number of nitrogens with one attached hydrogen (secondary N) is 1. The Bertz CT molecular complexity index is 552. The van der Waals surface area contributed by atoms with E-state index in [1.807, 2.05) is 17.9 Å². The Morgan fingerprint density at radius 3 is 3.17 bits per heavy atom. The van der Waals surface area contributed by atoms with Crippen molar-refractivity contribution >= 4 is 0 Å². The molecule has 3 rings (SSSR count). The van der Waals surface area contributed by atoms with Crippen molar-refractivity contribution in [2.24, 2.45) is 7.05 Å². The van der Waals surface area contributed by atoms with Crippen LogP contribution >= 0.6 is 0 Å². The maximum atomic E-state index is 4.57. The van der Waals surface area contributed by atoms with Crippen LogP contribution in [0.4, 0.5) is 0 Å². The minimum absolute atomic E-state index is 0.864. The second kappa shape index (κ2) is 4.57. The Kier molecular flexibility index (Phi) is 2.91. The molecule has 1 aliphatic rings. The number of aromatic nitrogens is 4. The molecule has 18 heavy (non-hydrogen) atoms. The average molecular weight is 245 g/mol. The Hall–Kier alpha value is -1.62. The highest BCUT2D eigenvalue weighted by Crippen LogP contribution is 2.25. The third-order valence-corrected chi connectivity index (χ3v) is 3.40. The molecule has 5 nitrogen and oxygen atoms in total. The number of imidazole rings is 1. The first-order valence-electron chi connectivity index (χ1n) is 6.57. The van der Waals surface area contributed by atoms with Gasteiger partial charge >= 0.3 is 0 Å².